The monoisotopic (exact) mass is 939 g/mol. The molecule has 0 spiro atoms. The average molecular weight is 939 g/mol. The summed E-state index contributed by atoms with van der Waals surface area (Å²) in [6.07, 6.45) is 43.0. The van der Waals surface area contributed by atoms with E-state index in [4.69, 9.17) is 23.7 Å². The van der Waals surface area contributed by atoms with Crippen LogP contribution in [0.15, 0.2) is 97.2 Å². The molecule has 0 amide bonds. The van der Waals surface area contributed by atoms with E-state index in [1.165, 1.54) is 38.5 Å². The summed E-state index contributed by atoms with van der Waals surface area (Å²) in [4.78, 5) is 50.7. The lowest BCUT2D eigenvalue weighted by Crippen LogP contribution is -2.61. The molecule has 1 rings (SSSR count). The maximum atomic E-state index is 13.0. The lowest BCUT2D eigenvalue weighted by atomic mass is 9.98. The number of hydrogen-bond donors (Lipinski definition) is 3. The minimum atomic E-state index is -1.92. The van der Waals surface area contributed by atoms with E-state index in [1.54, 1.807) is 0 Å². The number of ether oxygens (including phenoxy) is 5. The van der Waals surface area contributed by atoms with Gasteiger partial charge in [-0.15, -0.1) is 0 Å². The van der Waals surface area contributed by atoms with Gasteiger partial charge < -0.3 is 39.0 Å². The highest BCUT2D eigenvalue weighted by Crippen LogP contribution is 2.26. The lowest BCUT2D eigenvalue weighted by molar-refractivity contribution is -0.301. The second-order valence-electron chi connectivity index (χ2n) is 16.7. The topological polar surface area (TPSA) is 175 Å². The Morgan fingerprint density at radius 3 is 1.40 bits per heavy atom. The SMILES string of the molecule is CC/C=C\C/C=C\C/C=C\C/C=C\CCC(=O)OCC(COC1OC(C(=O)O)C(O)C(O)C1OC(=O)CCCCCCCCCCCCC)OC(=O)CC/C=C\C/C=C\C/C=C\C/C=C\CC. The molecule has 0 aliphatic carbocycles. The van der Waals surface area contributed by atoms with E-state index >= 15 is 0 Å². The number of esters is 3. The standard InChI is InChI=1S/C55H86O12/c1-4-7-10-13-16-19-22-24-27-29-32-35-38-41-47(56)63-44-46(65-48(57)42-39-36-33-31-28-25-23-20-17-14-11-8-5-2)45-64-55-53(51(60)50(59)52(67-55)54(61)62)66-49(58)43-40-37-34-30-26-21-18-15-12-9-6-3/h7-8,10-11,16-17,19-20,24-25,27-28,32-33,35-36,46,50-53,55,59-60H,4-6,9,12-15,18,21-23,26,29-31,34,37-45H2,1-3H3,(H,61,62)/b10-7-,11-8-,19-16-,20-17-,27-24-,28-25-,35-32-,36-33-. The maximum Gasteiger partial charge on any atom is 0.335 e. The zero-order valence-corrected chi connectivity index (χ0v) is 41.1. The van der Waals surface area contributed by atoms with Crippen molar-refractivity contribution in [1.82, 2.24) is 0 Å². The van der Waals surface area contributed by atoms with E-state index in [-0.39, 0.29) is 25.9 Å². The van der Waals surface area contributed by atoms with Gasteiger partial charge in [0.2, 0.25) is 0 Å². The molecular weight excluding hydrogens is 853 g/mol. The van der Waals surface area contributed by atoms with E-state index in [9.17, 15) is 34.5 Å². The van der Waals surface area contributed by atoms with Gasteiger partial charge in [0.05, 0.1) is 6.61 Å². The molecule has 0 saturated carbocycles. The third-order valence-electron chi connectivity index (χ3n) is 10.7. The van der Waals surface area contributed by atoms with Crippen molar-refractivity contribution in [2.75, 3.05) is 13.2 Å². The third kappa shape index (κ3) is 33.7. The van der Waals surface area contributed by atoms with Crippen LogP contribution in [0.2, 0.25) is 0 Å². The highest BCUT2D eigenvalue weighted by atomic mass is 16.7. The zero-order chi connectivity index (χ0) is 49.0. The molecule has 6 unspecified atom stereocenters. The first kappa shape index (κ1) is 60.7. The molecule has 6 atom stereocenters. The Bertz CT molecular complexity index is 1540. The average Bonchev–Trinajstić information content (AvgIpc) is 3.31. The first-order valence-corrected chi connectivity index (χ1v) is 25.2. The summed E-state index contributed by atoms with van der Waals surface area (Å²) in [7, 11) is 0. The molecule has 0 bridgehead atoms. The number of carbonyl (C=O) groups excluding carboxylic acids is 3. The third-order valence-corrected chi connectivity index (χ3v) is 10.7. The molecule has 1 saturated heterocycles. The molecule has 1 fully saturated rings. The molecule has 0 aromatic heterocycles. The number of carbonyl (C=O) groups is 4. The van der Waals surface area contributed by atoms with Crippen molar-refractivity contribution < 1.29 is 58.2 Å². The largest absolute Gasteiger partial charge is 0.479 e. The van der Waals surface area contributed by atoms with Crippen LogP contribution in [0.5, 0.6) is 0 Å². The Kier molecular flexibility index (Phi) is 38.9. The number of allylic oxidation sites excluding steroid dienone is 16. The summed E-state index contributed by atoms with van der Waals surface area (Å²) in [5.74, 6) is -3.35. The lowest BCUT2D eigenvalue weighted by Gasteiger charge is -2.40. The van der Waals surface area contributed by atoms with E-state index in [0.29, 0.717) is 25.7 Å². The molecule has 1 aliphatic rings. The Hall–Kier alpha value is -4.36. The summed E-state index contributed by atoms with van der Waals surface area (Å²) >= 11 is 0. The minimum absolute atomic E-state index is 0.0235. The maximum absolute atomic E-state index is 13.0. The number of rotatable bonds is 40. The zero-order valence-electron chi connectivity index (χ0n) is 41.1. The van der Waals surface area contributed by atoms with Gasteiger partial charge in [-0.3, -0.25) is 14.4 Å². The van der Waals surface area contributed by atoms with Gasteiger partial charge in [-0.2, -0.15) is 0 Å². The van der Waals surface area contributed by atoms with Crippen molar-refractivity contribution in [3.63, 3.8) is 0 Å². The highest BCUT2D eigenvalue weighted by molar-refractivity contribution is 5.74. The highest BCUT2D eigenvalue weighted by Gasteiger charge is 2.50. The minimum Gasteiger partial charge on any atom is -0.479 e. The molecule has 1 heterocycles. The van der Waals surface area contributed by atoms with Crippen molar-refractivity contribution in [1.29, 1.82) is 0 Å². The molecule has 0 radical (unpaired) electrons. The van der Waals surface area contributed by atoms with Crippen LogP contribution in [-0.4, -0.2) is 89.2 Å². The van der Waals surface area contributed by atoms with Crippen molar-refractivity contribution in [2.45, 2.75) is 212 Å². The number of carboxylic acids is 1. The molecule has 1 aliphatic heterocycles. The van der Waals surface area contributed by atoms with Crippen LogP contribution in [0.4, 0.5) is 0 Å². The molecule has 12 heteroatoms. The number of hydrogen-bond acceptors (Lipinski definition) is 11. The van der Waals surface area contributed by atoms with Crippen molar-refractivity contribution in [3.8, 4) is 0 Å². The second-order valence-corrected chi connectivity index (χ2v) is 16.7. The molecule has 67 heavy (non-hydrogen) atoms. The fourth-order valence-corrected chi connectivity index (χ4v) is 6.86. The quantitative estimate of drug-likeness (QED) is 0.0230. The summed E-state index contributed by atoms with van der Waals surface area (Å²) in [5, 5.41) is 31.3. The first-order valence-electron chi connectivity index (χ1n) is 25.2. The number of unbranched alkanes of at least 4 members (excludes halogenated alkanes) is 10. The van der Waals surface area contributed by atoms with Gasteiger partial charge in [-0.1, -0.05) is 182 Å². The van der Waals surface area contributed by atoms with Crippen molar-refractivity contribution in [2.24, 2.45) is 0 Å². The summed E-state index contributed by atoms with van der Waals surface area (Å²) in [5.41, 5.74) is 0. The van der Waals surface area contributed by atoms with Crippen molar-refractivity contribution in [3.05, 3.63) is 97.2 Å². The van der Waals surface area contributed by atoms with Gasteiger partial charge in [0.15, 0.2) is 24.6 Å². The van der Waals surface area contributed by atoms with E-state index in [1.807, 2.05) is 30.4 Å². The Balaban J connectivity index is 2.84. The second kappa shape index (κ2) is 43.0. The normalized spacial score (nSPS) is 19.7. The van der Waals surface area contributed by atoms with Crippen molar-refractivity contribution >= 4 is 23.9 Å². The van der Waals surface area contributed by atoms with Crippen LogP contribution in [0, 0.1) is 0 Å². The van der Waals surface area contributed by atoms with Crippen LogP contribution in [0.25, 0.3) is 0 Å². The van der Waals surface area contributed by atoms with Crippen LogP contribution in [0.1, 0.15) is 175 Å². The Morgan fingerprint density at radius 2 is 0.940 bits per heavy atom. The van der Waals surface area contributed by atoms with E-state index in [0.717, 1.165) is 70.6 Å². The van der Waals surface area contributed by atoms with Gasteiger partial charge in [-0.05, 0) is 70.6 Å². The van der Waals surface area contributed by atoms with Gasteiger partial charge in [0, 0.05) is 19.3 Å². The number of carboxylic acid groups (broad SMARTS) is 1. The molecule has 3 N–H and O–H groups in total. The van der Waals surface area contributed by atoms with Crippen LogP contribution >= 0.6 is 0 Å². The van der Waals surface area contributed by atoms with Gasteiger partial charge >= 0.3 is 23.9 Å². The number of aliphatic carboxylic acids is 1. The molecular formula is C55H86O12. The predicted molar refractivity (Wildman–Crippen MR) is 266 cm³/mol. The first-order chi connectivity index (χ1) is 32.6. The van der Waals surface area contributed by atoms with Crippen LogP contribution in [-0.2, 0) is 42.9 Å². The fourth-order valence-electron chi connectivity index (χ4n) is 6.86. The Morgan fingerprint density at radius 1 is 0.507 bits per heavy atom. The van der Waals surface area contributed by atoms with Gasteiger partial charge in [0.1, 0.15) is 18.8 Å². The van der Waals surface area contributed by atoms with E-state index in [2.05, 4.69) is 87.6 Å². The molecule has 12 nitrogen and oxygen atoms in total. The van der Waals surface area contributed by atoms with Gasteiger partial charge in [0.25, 0.3) is 0 Å². The molecule has 0 aromatic carbocycles. The summed E-state index contributed by atoms with van der Waals surface area (Å²) < 4.78 is 28.0. The molecule has 0 aromatic rings. The number of aliphatic hydroxyl groups excluding tert-OH is 2. The van der Waals surface area contributed by atoms with E-state index < -0.39 is 67.3 Å². The number of aliphatic hydroxyl groups is 2. The predicted octanol–water partition coefficient (Wildman–Crippen LogP) is 11.8. The Labute approximate surface area is 403 Å². The van der Waals surface area contributed by atoms with Gasteiger partial charge in [-0.25, -0.2) is 4.79 Å². The summed E-state index contributed by atoms with van der Waals surface area (Å²) in [6.45, 7) is 5.57. The molecule has 378 valence electrons. The summed E-state index contributed by atoms with van der Waals surface area (Å²) in [6, 6.07) is 0. The van der Waals surface area contributed by atoms with Crippen LogP contribution < -0.4 is 0 Å². The fraction of sp³-hybridized carbons (Fsp3) is 0.636. The van der Waals surface area contributed by atoms with Crippen LogP contribution in [0.3, 0.4) is 0 Å². The smallest absolute Gasteiger partial charge is 0.335 e.